The van der Waals surface area contributed by atoms with E-state index in [2.05, 4.69) is 0 Å². The summed E-state index contributed by atoms with van der Waals surface area (Å²) in [6.07, 6.45) is 0. The molecule has 2 aromatic carbocycles. The molecule has 0 amide bonds. The Hall–Kier alpha value is -3.45. The Balaban J connectivity index is 3.18. The van der Waals surface area contributed by atoms with Gasteiger partial charge in [-0.3, -0.25) is 34.9 Å². The smallest absolute Gasteiger partial charge is 0.282 e. The van der Waals surface area contributed by atoms with Crippen molar-refractivity contribution in [3.05, 3.63) is 66.7 Å². The van der Waals surface area contributed by atoms with Crippen molar-refractivity contribution in [1.29, 1.82) is 0 Å². The molecule has 0 aliphatic rings. The molecule has 0 spiro atoms. The Morgan fingerprint density at radius 1 is 0.840 bits per heavy atom. The van der Waals surface area contributed by atoms with E-state index in [1.54, 1.807) is 0 Å². The molecule has 0 saturated heterocycles. The quantitative estimate of drug-likeness (QED) is 0.469. The summed E-state index contributed by atoms with van der Waals surface area (Å²) in [6.45, 7) is 0. The molecule has 0 aliphatic heterocycles. The molecule has 0 aromatic heterocycles. The fourth-order valence-electron chi connectivity index (χ4n) is 2.21. The fourth-order valence-corrected chi connectivity index (χ4v) is 2.94. The van der Waals surface area contributed by atoms with Gasteiger partial charge in [0.2, 0.25) is 0 Å². The highest BCUT2D eigenvalue weighted by Gasteiger charge is 2.43. The summed E-state index contributed by atoms with van der Waals surface area (Å²) in [6, 6.07) is 6.84. The van der Waals surface area contributed by atoms with E-state index < -0.39 is 52.4 Å². The van der Waals surface area contributed by atoms with Gasteiger partial charge in [-0.15, -0.1) is 0 Å². The van der Waals surface area contributed by atoms with Crippen molar-refractivity contribution in [3.8, 4) is 11.1 Å². The first-order chi connectivity index (χ1) is 11.6. The summed E-state index contributed by atoms with van der Waals surface area (Å²) in [4.78, 5) is 28.4. The molecule has 25 heavy (non-hydrogen) atoms. The van der Waals surface area contributed by atoms with Gasteiger partial charge in [-0.2, -0.15) is 8.42 Å². The first-order valence-corrected chi connectivity index (χ1v) is 7.66. The first-order valence-electron chi connectivity index (χ1n) is 6.22. The van der Waals surface area contributed by atoms with Crippen molar-refractivity contribution >= 4 is 27.2 Å². The average molecular weight is 369 g/mol. The van der Waals surface area contributed by atoms with Crippen LogP contribution in [-0.4, -0.2) is 27.7 Å². The second kappa shape index (κ2) is 6.21. The molecular weight excluding hydrogens is 362 g/mol. The Bertz CT molecular complexity index is 1000. The highest BCUT2D eigenvalue weighted by Crippen LogP contribution is 2.47. The van der Waals surface area contributed by atoms with Crippen molar-refractivity contribution in [1.82, 2.24) is 0 Å². The summed E-state index contributed by atoms with van der Waals surface area (Å²) < 4.78 is 32.5. The Morgan fingerprint density at radius 2 is 1.36 bits per heavy atom. The molecule has 2 aromatic rings. The van der Waals surface area contributed by atoms with Crippen LogP contribution in [-0.2, 0) is 10.1 Å². The van der Waals surface area contributed by atoms with Crippen LogP contribution in [0.25, 0.3) is 11.1 Å². The molecule has 0 radical (unpaired) electrons. The van der Waals surface area contributed by atoms with Gasteiger partial charge in [0, 0.05) is 6.07 Å². The van der Waals surface area contributed by atoms with E-state index in [9.17, 15) is 43.3 Å². The van der Waals surface area contributed by atoms with Crippen LogP contribution in [0.15, 0.2) is 41.3 Å². The SMILES string of the molecule is O=[N+]([O-])c1cc(S(=O)(=O)O)c(-c2ccccc2)c([N+](=O)[O-])c1[N+](=O)[O-]. The summed E-state index contributed by atoms with van der Waals surface area (Å²) in [5.41, 5.74) is -5.28. The zero-order valence-electron chi connectivity index (χ0n) is 11.9. The molecule has 0 unspecified atom stereocenters. The van der Waals surface area contributed by atoms with Crippen LogP contribution in [0.1, 0.15) is 0 Å². The second-order valence-electron chi connectivity index (χ2n) is 4.58. The molecule has 0 saturated carbocycles. The molecule has 2 rings (SSSR count). The highest BCUT2D eigenvalue weighted by atomic mass is 32.2. The van der Waals surface area contributed by atoms with Crippen LogP contribution < -0.4 is 0 Å². The van der Waals surface area contributed by atoms with Crippen LogP contribution in [0.3, 0.4) is 0 Å². The normalized spacial score (nSPS) is 11.1. The second-order valence-corrected chi connectivity index (χ2v) is 5.97. The maximum atomic E-state index is 11.6. The monoisotopic (exact) mass is 369 g/mol. The minimum Gasteiger partial charge on any atom is -0.282 e. The number of nitro benzene ring substituents is 3. The van der Waals surface area contributed by atoms with E-state index in [1.807, 2.05) is 0 Å². The maximum Gasteiger partial charge on any atom is 0.423 e. The first kappa shape index (κ1) is 17.9. The summed E-state index contributed by atoms with van der Waals surface area (Å²) in [5.74, 6) is 0. The van der Waals surface area contributed by atoms with Crippen LogP contribution >= 0.6 is 0 Å². The van der Waals surface area contributed by atoms with Crippen molar-refractivity contribution < 1.29 is 27.7 Å². The maximum absolute atomic E-state index is 11.6. The molecule has 1 N–H and O–H groups in total. The van der Waals surface area contributed by atoms with Gasteiger partial charge in [-0.25, -0.2) is 0 Å². The predicted octanol–water partition coefficient (Wildman–Crippen LogP) is 2.32. The Labute approximate surface area is 138 Å². The highest BCUT2D eigenvalue weighted by molar-refractivity contribution is 7.86. The molecule has 0 atom stereocenters. The van der Waals surface area contributed by atoms with Crippen molar-refractivity contribution in [2.75, 3.05) is 0 Å². The van der Waals surface area contributed by atoms with E-state index in [1.165, 1.54) is 30.3 Å². The van der Waals surface area contributed by atoms with Crippen molar-refractivity contribution in [2.45, 2.75) is 4.90 Å². The van der Waals surface area contributed by atoms with Gasteiger partial charge in [-0.1, -0.05) is 30.3 Å². The van der Waals surface area contributed by atoms with Gasteiger partial charge in [0.25, 0.3) is 10.1 Å². The van der Waals surface area contributed by atoms with Crippen LogP contribution in [0.2, 0.25) is 0 Å². The van der Waals surface area contributed by atoms with Crippen LogP contribution in [0.4, 0.5) is 17.1 Å². The van der Waals surface area contributed by atoms with Crippen LogP contribution in [0, 0.1) is 30.3 Å². The minimum absolute atomic E-state index is 0.153. The fraction of sp³-hybridized carbons (Fsp3) is 0. The predicted molar refractivity (Wildman–Crippen MR) is 81.7 cm³/mol. The number of rotatable bonds is 5. The summed E-state index contributed by atoms with van der Waals surface area (Å²) in [5, 5.41) is 33.6. The van der Waals surface area contributed by atoms with Gasteiger partial charge in [0.05, 0.1) is 20.3 Å². The number of hydrogen-bond acceptors (Lipinski definition) is 8. The number of nitro groups is 3. The van der Waals surface area contributed by atoms with E-state index in [-0.39, 0.29) is 11.6 Å². The van der Waals surface area contributed by atoms with Gasteiger partial charge < -0.3 is 0 Å². The van der Waals surface area contributed by atoms with E-state index in [0.717, 1.165) is 0 Å². The molecule has 0 fully saturated rings. The van der Waals surface area contributed by atoms with Gasteiger partial charge in [0.1, 0.15) is 4.90 Å². The number of nitrogens with zero attached hydrogens (tertiary/aromatic N) is 3. The Morgan fingerprint density at radius 3 is 1.76 bits per heavy atom. The third-order valence-corrected chi connectivity index (χ3v) is 4.00. The van der Waals surface area contributed by atoms with Crippen LogP contribution in [0.5, 0.6) is 0 Å². The van der Waals surface area contributed by atoms with Gasteiger partial charge in [-0.05, 0) is 5.56 Å². The zero-order chi connectivity index (χ0) is 18.9. The lowest BCUT2D eigenvalue weighted by atomic mass is 10.0. The average Bonchev–Trinajstić information content (AvgIpc) is 2.52. The molecular formula is C12H7N3O9S. The molecule has 0 bridgehead atoms. The molecule has 0 aliphatic carbocycles. The molecule has 13 heteroatoms. The Kier molecular flexibility index (Phi) is 4.45. The third-order valence-electron chi connectivity index (χ3n) is 3.12. The molecule has 0 heterocycles. The van der Waals surface area contributed by atoms with E-state index >= 15 is 0 Å². The van der Waals surface area contributed by atoms with E-state index in [0.29, 0.717) is 0 Å². The minimum atomic E-state index is -5.17. The van der Waals surface area contributed by atoms with Gasteiger partial charge >= 0.3 is 17.1 Å². The molecule has 130 valence electrons. The summed E-state index contributed by atoms with van der Waals surface area (Å²) in [7, 11) is -5.17. The number of benzene rings is 2. The number of hydrogen-bond donors (Lipinski definition) is 1. The van der Waals surface area contributed by atoms with Crippen molar-refractivity contribution in [2.24, 2.45) is 0 Å². The van der Waals surface area contributed by atoms with Gasteiger partial charge in [0.15, 0.2) is 0 Å². The summed E-state index contributed by atoms with van der Waals surface area (Å²) >= 11 is 0. The third kappa shape index (κ3) is 3.26. The topological polar surface area (TPSA) is 184 Å². The lowest BCUT2D eigenvalue weighted by Crippen LogP contribution is -2.09. The van der Waals surface area contributed by atoms with E-state index in [4.69, 9.17) is 0 Å². The largest absolute Gasteiger partial charge is 0.423 e. The lowest BCUT2D eigenvalue weighted by molar-refractivity contribution is -0.440. The van der Waals surface area contributed by atoms with Crippen molar-refractivity contribution in [3.63, 3.8) is 0 Å². The molecule has 12 nitrogen and oxygen atoms in total. The zero-order valence-corrected chi connectivity index (χ0v) is 12.7. The lowest BCUT2D eigenvalue weighted by Gasteiger charge is -2.09. The standard InChI is InChI=1S/C12H7N3O9S/c16-13(17)8-6-9(25(22,23)24)10(7-4-2-1-3-5-7)12(15(20)21)11(8)14(18)19/h1-6H,(H,22,23,24).